The van der Waals surface area contributed by atoms with Crippen LogP contribution in [0.4, 0.5) is 15.9 Å². The molecule has 0 aliphatic carbocycles. The molecule has 0 saturated carbocycles. The van der Waals surface area contributed by atoms with Crippen LogP contribution in [0.5, 0.6) is 0 Å². The Kier molecular flexibility index (Phi) is 5.98. The molecule has 0 bridgehead atoms. The van der Waals surface area contributed by atoms with E-state index in [0.717, 1.165) is 5.56 Å². The standard InChI is InChI=1S/C17H12Cl3FN4S/c18-11-5-4-10(14(19)6-11)8-25-9-15(20)16(24-25)23-17(26)22-13-3-1-2-12(21)7-13/h1-7,9H,8H2,(H2,22,23,24,26). The SMILES string of the molecule is Fc1cccc(NC(=S)Nc2nn(Cc3ccc(Cl)cc3Cl)cc2Cl)c1. The fraction of sp³-hybridized carbons (Fsp3) is 0.0588. The molecule has 0 amide bonds. The Bertz CT molecular complexity index is 961. The van der Waals surface area contributed by atoms with Crippen molar-refractivity contribution in [2.45, 2.75) is 6.54 Å². The number of nitrogens with zero attached hydrogens (tertiary/aromatic N) is 2. The molecule has 2 N–H and O–H groups in total. The molecule has 134 valence electrons. The lowest BCUT2D eigenvalue weighted by atomic mass is 10.2. The second-order valence-electron chi connectivity index (χ2n) is 5.35. The fourth-order valence-electron chi connectivity index (χ4n) is 2.22. The van der Waals surface area contributed by atoms with Crippen molar-refractivity contribution in [3.63, 3.8) is 0 Å². The molecule has 9 heteroatoms. The van der Waals surface area contributed by atoms with E-state index >= 15 is 0 Å². The van der Waals surface area contributed by atoms with Gasteiger partial charge < -0.3 is 10.6 Å². The van der Waals surface area contributed by atoms with E-state index in [-0.39, 0.29) is 10.9 Å². The Morgan fingerprint density at radius 2 is 1.88 bits per heavy atom. The van der Waals surface area contributed by atoms with Crippen LogP contribution in [0.1, 0.15) is 5.56 Å². The molecule has 1 aromatic heterocycles. The van der Waals surface area contributed by atoms with Gasteiger partial charge >= 0.3 is 0 Å². The molecule has 26 heavy (non-hydrogen) atoms. The predicted molar refractivity (Wildman–Crippen MR) is 109 cm³/mol. The highest BCUT2D eigenvalue weighted by atomic mass is 35.5. The summed E-state index contributed by atoms with van der Waals surface area (Å²) in [6.45, 7) is 0.418. The summed E-state index contributed by atoms with van der Waals surface area (Å²) >= 11 is 23.5. The lowest BCUT2D eigenvalue weighted by molar-refractivity contribution is 0.628. The van der Waals surface area contributed by atoms with Gasteiger partial charge in [0.15, 0.2) is 10.9 Å². The molecule has 0 radical (unpaired) electrons. The molecule has 0 atom stereocenters. The number of aromatic nitrogens is 2. The van der Waals surface area contributed by atoms with E-state index in [2.05, 4.69) is 15.7 Å². The summed E-state index contributed by atoms with van der Waals surface area (Å²) in [5, 5.41) is 11.8. The molecule has 0 aliphatic heterocycles. The zero-order chi connectivity index (χ0) is 18.7. The second kappa shape index (κ2) is 8.22. The maximum Gasteiger partial charge on any atom is 0.176 e. The Morgan fingerprint density at radius 1 is 1.08 bits per heavy atom. The zero-order valence-corrected chi connectivity index (χ0v) is 16.2. The molecule has 0 spiro atoms. The third kappa shape index (κ3) is 4.86. The van der Waals surface area contributed by atoms with Gasteiger partial charge in [0.25, 0.3) is 0 Å². The number of rotatable bonds is 4. The normalized spacial score (nSPS) is 10.6. The largest absolute Gasteiger partial charge is 0.332 e. The van der Waals surface area contributed by atoms with Crippen LogP contribution in [0.2, 0.25) is 15.1 Å². The highest BCUT2D eigenvalue weighted by molar-refractivity contribution is 7.80. The first-order chi connectivity index (χ1) is 12.4. The van der Waals surface area contributed by atoms with Gasteiger partial charge in [0.1, 0.15) is 10.8 Å². The van der Waals surface area contributed by atoms with E-state index in [1.807, 2.05) is 6.07 Å². The van der Waals surface area contributed by atoms with Crippen molar-refractivity contribution in [2.24, 2.45) is 0 Å². The van der Waals surface area contributed by atoms with Crippen molar-refractivity contribution in [1.82, 2.24) is 9.78 Å². The van der Waals surface area contributed by atoms with Gasteiger partial charge in [-0.3, -0.25) is 4.68 Å². The Morgan fingerprint density at radius 3 is 2.62 bits per heavy atom. The number of benzene rings is 2. The molecule has 0 fully saturated rings. The molecule has 0 unspecified atom stereocenters. The smallest absolute Gasteiger partial charge is 0.176 e. The summed E-state index contributed by atoms with van der Waals surface area (Å²) in [4.78, 5) is 0. The minimum atomic E-state index is -0.361. The molecule has 3 rings (SSSR count). The van der Waals surface area contributed by atoms with Crippen molar-refractivity contribution in [3.8, 4) is 0 Å². The minimum absolute atomic E-state index is 0.243. The van der Waals surface area contributed by atoms with E-state index in [1.165, 1.54) is 12.1 Å². The number of hydrogen-bond acceptors (Lipinski definition) is 2. The van der Waals surface area contributed by atoms with E-state index in [4.69, 9.17) is 47.0 Å². The number of nitrogens with one attached hydrogen (secondary N) is 2. The second-order valence-corrected chi connectivity index (χ2v) is 7.01. The summed E-state index contributed by atoms with van der Waals surface area (Å²) in [6.07, 6.45) is 1.65. The van der Waals surface area contributed by atoms with E-state index in [9.17, 15) is 4.39 Å². The van der Waals surface area contributed by atoms with Gasteiger partial charge in [0.2, 0.25) is 0 Å². The average molecular weight is 430 g/mol. The highest BCUT2D eigenvalue weighted by Gasteiger charge is 2.11. The van der Waals surface area contributed by atoms with Gasteiger partial charge in [-0.1, -0.05) is 46.9 Å². The lowest BCUT2D eigenvalue weighted by Gasteiger charge is -2.09. The van der Waals surface area contributed by atoms with Crippen molar-refractivity contribution >= 4 is 63.6 Å². The molecule has 2 aromatic carbocycles. The highest BCUT2D eigenvalue weighted by Crippen LogP contribution is 2.24. The number of halogens is 4. The molecule has 0 saturated heterocycles. The van der Waals surface area contributed by atoms with Crippen LogP contribution < -0.4 is 10.6 Å². The molecule has 1 heterocycles. The van der Waals surface area contributed by atoms with Gasteiger partial charge in [0, 0.05) is 21.9 Å². The maximum absolute atomic E-state index is 13.2. The van der Waals surface area contributed by atoms with E-state index in [0.29, 0.717) is 33.1 Å². The van der Waals surface area contributed by atoms with Crippen molar-refractivity contribution < 1.29 is 4.39 Å². The predicted octanol–water partition coefficient (Wildman–Crippen LogP) is 5.84. The molecular formula is C17H12Cl3FN4S. The molecule has 3 aromatic rings. The summed E-state index contributed by atoms with van der Waals surface area (Å²) < 4.78 is 14.8. The van der Waals surface area contributed by atoms with Crippen LogP contribution in [0, 0.1) is 5.82 Å². The monoisotopic (exact) mass is 428 g/mol. The third-order valence-corrected chi connectivity index (χ3v) is 4.45. The van der Waals surface area contributed by atoms with Gasteiger partial charge in [-0.25, -0.2) is 4.39 Å². The van der Waals surface area contributed by atoms with Gasteiger partial charge in [-0.05, 0) is 48.1 Å². The van der Waals surface area contributed by atoms with Gasteiger partial charge in [-0.15, -0.1) is 0 Å². The van der Waals surface area contributed by atoms with Crippen LogP contribution in [0.3, 0.4) is 0 Å². The van der Waals surface area contributed by atoms with Crippen molar-refractivity contribution in [2.75, 3.05) is 10.6 Å². The van der Waals surface area contributed by atoms with Crippen molar-refractivity contribution in [3.05, 3.63) is 75.1 Å². The first kappa shape index (κ1) is 18.9. The zero-order valence-electron chi connectivity index (χ0n) is 13.1. The first-order valence-corrected chi connectivity index (χ1v) is 8.95. The lowest BCUT2D eigenvalue weighted by Crippen LogP contribution is -2.19. The van der Waals surface area contributed by atoms with Crippen LogP contribution >= 0.6 is 47.0 Å². The number of thiocarbonyl (C=S) groups is 1. The summed E-state index contributed by atoms with van der Waals surface area (Å²) in [6, 6.07) is 11.2. The van der Waals surface area contributed by atoms with Gasteiger partial charge in [-0.2, -0.15) is 5.10 Å². The summed E-state index contributed by atoms with van der Waals surface area (Å²) in [5.74, 6) is 0.0191. The topological polar surface area (TPSA) is 41.9 Å². The van der Waals surface area contributed by atoms with E-state index < -0.39 is 0 Å². The van der Waals surface area contributed by atoms with Crippen LogP contribution in [0.15, 0.2) is 48.7 Å². The minimum Gasteiger partial charge on any atom is -0.332 e. The fourth-order valence-corrected chi connectivity index (χ4v) is 3.10. The van der Waals surface area contributed by atoms with E-state index in [1.54, 1.807) is 35.1 Å². The number of anilines is 2. The Labute approximate surface area is 169 Å². The summed E-state index contributed by atoms with van der Waals surface area (Å²) in [7, 11) is 0. The first-order valence-electron chi connectivity index (χ1n) is 7.41. The molecule has 4 nitrogen and oxygen atoms in total. The quantitative estimate of drug-likeness (QED) is 0.511. The third-order valence-electron chi connectivity index (χ3n) is 3.38. The maximum atomic E-state index is 13.2. The van der Waals surface area contributed by atoms with Gasteiger partial charge in [0.05, 0.1) is 6.54 Å². The van der Waals surface area contributed by atoms with Crippen LogP contribution in [0.25, 0.3) is 0 Å². The summed E-state index contributed by atoms with van der Waals surface area (Å²) in [5.41, 5.74) is 1.37. The average Bonchev–Trinajstić information content (AvgIpc) is 2.89. The van der Waals surface area contributed by atoms with Crippen LogP contribution in [-0.2, 0) is 6.54 Å². The Hall–Kier alpha value is -1.86. The van der Waals surface area contributed by atoms with Crippen molar-refractivity contribution in [1.29, 1.82) is 0 Å². The molecular weight excluding hydrogens is 418 g/mol. The number of hydrogen-bond donors (Lipinski definition) is 2. The van der Waals surface area contributed by atoms with Crippen LogP contribution in [-0.4, -0.2) is 14.9 Å². The Balaban J connectivity index is 1.68. The molecule has 0 aliphatic rings.